The first-order valence-corrected chi connectivity index (χ1v) is 5.03. The number of aliphatic hydroxyl groups excluding tert-OH is 1. The van der Waals surface area contributed by atoms with Gasteiger partial charge in [-0.05, 0) is 12.8 Å². The Kier molecular flexibility index (Phi) is 4.83. The molecule has 1 heterocycles. The van der Waals surface area contributed by atoms with Crippen molar-refractivity contribution in [3.63, 3.8) is 0 Å². The smallest absolute Gasteiger partial charge is 0.218 e. The van der Waals surface area contributed by atoms with E-state index in [1.165, 1.54) is 6.33 Å². The lowest BCUT2D eigenvalue weighted by atomic mass is 10.1. The van der Waals surface area contributed by atoms with Crippen LogP contribution in [0, 0.1) is 0 Å². The summed E-state index contributed by atoms with van der Waals surface area (Å²) in [6.07, 6.45) is 3.10. The Morgan fingerprint density at radius 1 is 1.53 bits per heavy atom. The fourth-order valence-electron chi connectivity index (χ4n) is 1.27. The Hall–Kier alpha value is -1.36. The molecule has 0 amide bonds. The Bertz CT molecular complexity index is 294. The van der Waals surface area contributed by atoms with Gasteiger partial charge in [-0.2, -0.15) is 0 Å². The fraction of sp³-hybridized carbons (Fsp3) is 0.600. The zero-order valence-corrected chi connectivity index (χ0v) is 9.10. The van der Waals surface area contributed by atoms with Crippen molar-refractivity contribution in [2.24, 2.45) is 0 Å². The largest absolute Gasteiger partial charge is 0.481 e. The highest BCUT2D eigenvalue weighted by Gasteiger charge is 2.06. The number of nitrogens with zero attached hydrogens (tertiary/aromatic N) is 2. The van der Waals surface area contributed by atoms with Gasteiger partial charge in [0.2, 0.25) is 5.88 Å². The summed E-state index contributed by atoms with van der Waals surface area (Å²) >= 11 is 0. The first kappa shape index (κ1) is 11.7. The van der Waals surface area contributed by atoms with Gasteiger partial charge in [0.25, 0.3) is 0 Å². The second kappa shape index (κ2) is 6.19. The van der Waals surface area contributed by atoms with Crippen LogP contribution in [0.2, 0.25) is 0 Å². The molecule has 15 heavy (non-hydrogen) atoms. The zero-order valence-electron chi connectivity index (χ0n) is 9.10. The van der Waals surface area contributed by atoms with Crippen LogP contribution in [0.4, 0.5) is 5.82 Å². The summed E-state index contributed by atoms with van der Waals surface area (Å²) in [6, 6.07) is 1.97. The van der Waals surface area contributed by atoms with E-state index in [4.69, 9.17) is 9.84 Å². The van der Waals surface area contributed by atoms with Crippen molar-refractivity contribution in [1.29, 1.82) is 0 Å². The number of methoxy groups -OCH3 is 1. The lowest BCUT2D eigenvalue weighted by Crippen LogP contribution is -2.20. The molecule has 0 fully saturated rings. The van der Waals surface area contributed by atoms with E-state index in [1.807, 2.05) is 0 Å². The summed E-state index contributed by atoms with van der Waals surface area (Å²) in [4.78, 5) is 7.99. The van der Waals surface area contributed by atoms with Crippen molar-refractivity contribution in [1.82, 2.24) is 9.97 Å². The quantitative estimate of drug-likeness (QED) is 0.736. The Morgan fingerprint density at radius 3 is 2.93 bits per heavy atom. The average molecular weight is 211 g/mol. The van der Waals surface area contributed by atoms with Gasteiger partial charge >= 0.3 is 0 Å². The van der Waals surface area contributed by atoms with Gasteiger partial charge in [-0.25, -0.2) is 9.97 Å². The third-order valence-corrected chi connectivity index (χ3v) is 2.17. The van der Waals surface area contributed by atoms with Crippen molar-refractivity contribution in [3.05, 3.63) is 12.4 Å². The molecule has 1 atom stereocenters. The molecule has 2 N–H and O–H groups in total. The number of anilines is 1. The molecule has 0 aliphatic heterocycles. The van der Waals surface area contributed by atoms with Gasteiger partial charge in [-0.3, -0.25) is 0 Å². The predicted molar refractivity (Wildman–Crippen MR) is 58.0 cm³/mol. The maximum atomic E-state index is 8.85. The molecule has 1 rings (SSSR count). The van der Waals surface area contributed by atoms with E-state index in [9.17, 15) is 0 Å². The minimum Gasteiger partial charge on any atom is -0.481 e. The van der Waals surface area contributed by atoms with Crippen LogP contribution in [0.25, 0.3) is 0 Å². The molecule has 0 saturated carbocycles. The number of hydrogen-bond donors (Lipinski definition) is 2. The number of aliphatic hydroxyl groups is 1. The van der Waals surface area contributed by atoms with Gasteiger partial charge in [0.05, 0.1) is 7.11 Å². The molecule has 0 radical (unpaired) electrons. The zero-order chi connectivity index (χ0) is 11.1. The second-order valence-corrected chi connectivity index (χ2v) is 3.21. The molecule has 1 aromatic rings. The van der Waals surface area contributed by atoms with Crippen molar-refractivity contribution in [3.8, 4) is 5.88 Å². The van der Waals surface area contributed by atoms with Crippen LogP contribution >= 0.6 is 0 Å². The monoisotopic (exact) mass is 211 g/mol. The Morgan fingerprint density at radius 2 is 2.33 bits per heavy atom. The summed E-state index contributed by atoms with van der Waals surface area (Å²) in [7, 11) is 1.57. The summed E-state index contributed by atoms with van der Waals surface area (Å²) in [5, 5.41) is 12.1. The number of hydrogen-bond acceptors (Lipinski definition) is 5. The molecule has 1 aromatic heterocycles. The van der Waals surface area contributed by atoms with E-state index < -0.39 is 0 Å². The lowest BCUT2D eigenvalue weighted by Gasteiger charge is -2.16. The summed E-state index contributed by atoms with van der Waals surface area (Å²) in [5.74, 6) is 1.26. The van der Waals surface area contributed by atoms with Gasteiger partial charge < -0.3 is 15.2 Å². The predicted octanol–water partition coefficient (Wildman–Crippen LogP) is 1.06. The molecule has 0 bridgehead atoms. The maximum absolute atomic E-state index is 8.85. The molecule has 0 spiro atoms. The molecule has 5 heteroatoms. The van der Waals surface area contributed by atoms with Crippen molar-refractivity contribution < 1.29 is 9.84 Å². The van der Waals surface area contributed by atoms with Gasteiger partial charge in [-0.15, -0.1) is 0 Å². The molecule has 0 aliphatic carbocycles. The van der Waals surface area contributed by atoms with Crippen LogP contribution in [0.1, 0.15) is 19.8 Å². The second-order valence-electron chi connectivity index (χ2n) is 3.21. The molecule has 0 aliphatic rings. The highest BCUT2D eigenvalue weighted by atomic mass is 16.5. The number of nitrogens with one attached hydrogen (secondary N) is 1. The Balaban J connectivity index is 2.61. The highest BCUT2D eigenvalue weighted by molar-refractivity contribution is 5.37. The third kappa shape index (κ3) is 3.71. The van der Waals surface area contributed by atoms with Gasteiger partial charge in [0.1, 0.15) is 12.1 Å². The molecule has 5 nitrogen and oxygen atoms in total. The molecular weight excluding hydrogens is 194 g/mol. The maximum Gasteiger partial charge on any atom is 0.218 e. The lowest BCUT2D eigenvalue weighted by molar-refractivity contribution is 0.278. The van der Waals surface area contributed by atoms with E-state index in [1.54, 1.807) is 13.2 Å². The summed E-state index contributed by atoms with van der Waals surface area (Å²) in [5.41, 5.74) is 0. The first-order valence-electron chi connectivity index (χ1n) is 5.03. The fourth-order valence-corrected chi connectivity index (χ4v) is 1.27. The molecule has 1 unspecified atom stereocenters. The highest BCUT2D eigenvalue weighted by Crippen LogP contribution is 2.13. The molecule has 84 valence electrons. The average Bonchev–Trinajstić information content (AvgIpc) is 2.29. The topological polar surface area (TPSA) is 67.3 Å². The minimum atomic E-state index is 0.174. The van der Waals surface area contributed by atoms with E-state index >= 15 is 0 Å². The van der Waals surface area contributed by atoms with Gasteiger partial charge in [-0.1, -0.05) is 6.92 Å². The number of rotatable bonds is 6. The number of ether oxygens (including phenoxy) is 1. The number of aromatic nitrogens is 2. The van der Waals surface area contributed by atoms with Crippen LogP contribution in [0.5, 0.6) is 5.88 Å². The third-order valence-electron chi connectivity index (χ3n) is 2.17. The van der Waals surface area contributed by atoms with Crippen LogP contribution in [-0.4, -0.2) is 34.8 Å². The standard InChI is InChI=1S/C10H17N3O2/c1-3-8(4-5-14)13-9-6-10(15-2)12-7-11-9/h6-8,14H,3-5H2,1-2H3,(H,11,12,13). The minimum absolute atomic E-state index is 0.174. The van der Waals surface area contributed by atoms with Gasteiger partial charge in [0.15, 0.2) is 0 Å². The normalized spacial score (nSPS) is 12.2. The van der Waals surface area contributed by atoms with Crippen LogP contribution in [-0.2, 0) is 0 Å². The SMILES string of the molecule is CCC(CCO)Nc1cc(OC)ncn1. The summed E-state index contributed by atoms with van der Waals surface area (Å²) in [6.45, 7) is 2.24. The van der Waals surface area contributed by atoms with E-state index in [0.717, 1.165) is 12.2 Å². The van der Waals surface area contributed by atoms with Crippen molar-refractivity contribution in [2.45, 2.75) is 25.8 Å². The van der Waals surface area contributed by atoms with E-state index in [0.29, 0.717) is 12.3 Å². The first-order chi connectivity index (χ1) is 7.30. The van der Waals surface area contributed by atoms with E-state index in [-0.39, 0.29) is 12.6 Å². The van der Waals surface area contributed by atoms with Gasteiger partial charge in [0, 0.05) is 18.7 Å². The van der Waals surface area contributed by atoms with Crippen molar-refractivity contribution >= 4 is 5.82 Å². The van der Waals surface area contributed by atoms with Crippen LogP contribution < -0.4 is 10.1 Å². The van der Waals surface area contributed by atoms with Crippen LogP contribution in [0.3, 0.4) is 0 Å². The van der Waals surface area contributed by atoms with Crippen molar-refractivity contribution in [2.75, 3.05) is 19.0 Å². The molecule has 0 saturated heterocycles. The molecular formula is C10H17N3O2. The van der Waals surface area contributed by atoms with E-state index in [2.05, 4.69) is 22.2 Å². The molecule has 0 aromatic carbocycles. The Labute approximate surface area is 89.5 Å². The van der Waals surface area contributed by atoms with Crippen LogP contribution in [0.15, 0.2) is 12.4 Å². The summed E-state index contributed by atoms with van der Waals surface area (Å²) < 4.78 is 4.99.